The second kappa shape index (κ2) is 3.54. The fourth-order valence-corrected chi connectivity index (χ4v) is 3.07. The van der Waals surface area contributed by atoms with Crippen molar-refractivity contribution in [1.82, 2.24) is 4.90 Å². The molecule has 1 saturated carbocycles. The van der Waals surface area contributed by atoms with E-state index < -0.39 is 5.97 Å². The highest BCUT2D eigenvalue weighted by atomic mass is 16.4. The molecule has 0 aromatic rings. The molecule has 1 aliphatic carbocycles. The summed E-state index contributed by atoms with van der Waals surface area (Å²) in [6.07, 6.45) is 6.06. The Bertz CT molecular complexity index is 225. The van der Waals surface area contributed by atoms with Gasteiger partial charge in [0.2, 0.25) is 0 Å². The van der Waals surface area contributed by atoms with Crippen molar-refractivity contribution < 1.29 is 9.90 Å². The van der Waals surface area contributed by atoms with E-state index in [4.69, 9.17) is 5.11 Å². The van der Waals surface area contributed by atoms with Crippen LogP contribution in [0.5, 0.6) is 0 Å². The molecule has 1 aliphatic heterocycles. The Kier molecular flexibility index (Phi) is 2.52. The lowest BCUT2D eigenvalue weighted by atomic mass is 9.77. The van der Waals surface area contributed by atoms with Crippen LogP contribution >= 0.6 is 0 Å². The number of carboxylic acids is 1. The van der Waals surface area contributed by atoms with Crippen molar-refractivity contribution in [3.8, 4) is 0 Å². The molecule has 2 rings (SSSR count). The molecule has 0 amide bonds. The van der Waals surface area contributed by atoms with E-state index in [1.807, 2.05) is 6.92 Å². The maximum Gasteiger partial charge on any atom is 0.320 e. The zero-order valence-electron chi connectivity index (χ0n) is 8.83. The number of carboxylic acid groups (broad SMARTS) is 1. The number of rotatable bonds is 3. The highest BCUT2D eigenvalue weighted by Gasteiger charge is 2.47. The van der Waals surface area contributed by atoms with Crippen molar-refractivity contribution in [2.24, 2.45) is 5.41 Å². The van der Waals surface area contributed by atoms with Gasteiger partial charge in [-0.25, -0.2) is 0 Å². The van der Waals surface area contributed by atoms with E-state index in [2.05, 4.69) is 4.90 Å². The molecule has 0 aromatic heterocycles. The SMILES string of the molecule is CCC(C(=O)O)N1CC2(CCCC2)C1. The van der Waals surface area contributed by atoms with E-state index in [1.165, 1.54) is 25.7 Å². The standard InChI is InChI=1S/C11H19NO2/c1-2-9(10(13)14)12-7-11(8-12)5-3-4-6-11/h9H,2-8H2,1H3,(H,13,14). The zero-order chi connectivity index (χ0) is 10.2. The van der Waals surface area contributed by atoms with Crippen LogP contribution in [0.1, 0.15) is 39.0 Å². The Hall–Kier alpha value is -0.570. The molecule has 1 heterocycles. The molecule has 1 spiro atoms. The number of carbonyl (C=O) groups is 1. The molecule has 0 radical (unpaired) electrons. The molecule has 0 aromatic carbocycles. The molecule has 80 valence electrons. The smallest absolute Gasteiger partial charge is 0.320 e. The van der Waals surface area contributed by atoms with Gasteiger partial charge in [-0.15, -0.1) is 0 Å². The lowest BCUT2D eigenvalue weighted by molar-refractivity contribution is -0.149. The van der Waals surface area contributed by atoms with Crippen LogP contribution in [0.3, 0.4) is 0 Å². The summed E-state index contributed by atoms with van der Waals surface area (Å²) in [5, 5.41) is 9.00. The van der Waals surface area contributed by atoms with E-state index in [9.17, 15) is 4.79 Å². The lowest BCUT2D eigenvalue weighted by Crippen LogP contribution is -2.60. The molecule has 1 atom stereocenters. The van der Waals surface area contributed by atoms with Gasteiger partial charge in [0.1, 0.15) is 6.04 Å². The first-order valence-corrected chi connectivity index (χ1v) is 5.64. The number of likely N-dealkylation sites (tertiary alicyclic amines) is 1. The van der Waals surface area contributed by atoms with Crippen LogP contribution in [0.25, 0.3) is 0 Å². The third kappa shape index (κ3) is 1.54. The summed E-state index contributed by atoms with van der Waals surface area (Å²) in [4.78, 5) is 13.1. The first-order chi connectivity index (χ1) is 6.67. The van der Waals surface area contributed by atoms with Crippen LogP contribution in [0.4, 0.5) is 0 Å². The predicted molar refractivity (Wildman–Crippen MR) is 54.2 cm³/mol. The quantitative estimate of drug-likeness (QED) is 0.749. The van der Waals surface area contributed by atoms with Gasteiger partial charge >= 0.3 is 5.97 Å². The Morgan fingerprint density at radius 3 is 2.43 bits per heavy atom. The van der Waals surface area contributed by atoms with E-state index in [-0.39, 0.29) is 6.04 Å². The van der Waals surface area contributed by atoms with E-state index >= 15 is 0 Å². The first kappa shape index (κ1) is 9.97. The highest BCUT2D eigenvalue weighted by molar-refractivity contribution is 5.73. The van der Waals surface area contributed by atoms with Gasteiger partial charge in [0.05, 0.1) is 0 Å². The minimum atomic E-state index is -0.652. The Labute approximate surface area is 85.1 Å². The van der Waals surface area contributed by atoms with Gasteiger partial charge in [0.25, 0.3) is 0 Å². The topological polar surface area (TPSA) is 40.5 Å². The summed E-state index contributed by atoms with van der Waals surface area (Å²) in [6, 6.07) is -0.235. The third-order valence-electron chi connectivity index (χ3n) is 3.85. The second-order valence-corrected chi connectivity index (χ2v) is 4.87. The van der Waals surface area contributed by atoms with Crippen LogP contribution in [0.2, 0.25) is 0 Å². The van der Waals surface area contributed by atoms with Gasteiger partial charge in [-0.1, -0.05) is 19.8 Å². The maximum atomic E-state index is 10.9. The maximum absolute atomic E-state index is 10.9. The normalized spacial score (nSPS) is 27.5. The zero-order valence-corrected chi connectivity index (χ0v) is 8.83. The number of nitrogens with zero attached hydrogens (tertiary/aromatic N) is 1. The van der Waals surface area contributed by atoms with Crippen LogP contribution in [-0.4, -0.2) is 35.1 Å². The summed E-state index contributed by atoms with van der Waals surface area (Å²) >= 11 is 0. The lowest BCUT2D eigenvalue weighted by Gasteiger charge is -2.50. The van der Waals surface area contributed by atoms with Crippen molar-refractivity contribution in [2.45, 2.75) is 45.1 Å². The van der Waals surface area contributed by atoms with E-state index in [1.54, 1.807) is 0 Å². The molecule has 3 nitrogen and oxygen atoms in total. The first-order valence-electron chi connectivity index (χ1n) is 5.64. The fraction of sp³-hybridized carbons (Fsp3) is 0.909. The molecule has 0 bridgehead atoms. The van der Waals surface area contributed by atoms with Crippen LogP contribution in [-0.2, 0) is 4.79 Å². The summed E-state index contributed by atoms with van der Waals surface area (Å²) in [5.41, 5.74) is 0.517. The van der Waals surface area contributed by atoms with Gasteiger partial charge in [-0.3, -0.25) is 9.69 Å². The molecule has 3 heteroatoms. The molecular formula is C11H19NO2. The Morgan fingerprint density at radius 2 is 2.00 bits per heavy atom. The molecular weight excluding hydrogens is 178 g/mol. The molecule has 2 fully saturated rings. The summed E-state index contributed by atoms with van der Waals surface area (Å²) in [6.45, 7) is 4.01. The van der Waals surface area contributed by atoms with Crippen LogP contribution in [0.15, 0.2) is 0 Å². The summed E-state index contributed by atoms with van der Waals surface area (Å²) < 4.78 is 0. The molecule has 14 heavy (non-hydrogen) atoms. The average molecular weight is 197 g/mol. The molecule has 1 saturated heterocycles. The van der Waals surface area contributed by atoms with Gasteiger partial charge in [0, 0.05) is 13.1 Å². The minimum absolute atomic E-state index is 0.235. The van der Waals surface area contributed by atoms with Crippen molar-refractivity contribution in [2.75, 3.05) is 13.1 Å². The van der Waals surface area contributed by atoms with Crippen molar-refractivity contribution in [3.63, 3.8) is 0 Å². The Balaban J connectivity index is 1.89. The third-order valence-corrected chi connectivity index (χ3v) is 3.85. The van der Waals surface area contributed by atoms with E-state index in [0.717, 1.165) is 19.5 Å². The second-order valence-electron chi connectivity index (χ2n) is 4.87. The van der Waals surface area contributed by atoms with Crippen LogP contribution in [0, 0.1) is 5.41 Å². The summed E-state index contributed by atoms with van der Waals surface area (Å²) in [7, 11) is 0. The van der Waals surface area contributed by atoms with E-state index in [0.29, 0.717) is 5.41 Å². The molecule has 2 aliphatic rings. The highest BCUT2D eigenvalue weighted by Crippen LogP contribution is 2.46. The van der Waals surface area contributed by atoms with Crippen molar-refractivity contribution >= 4 is 5.97 Å². The number of hydrogen-bond acceptors (Lipinski definition) is 2. The monoisotopic (exact) mass is 197 g/mol. The van der Waals surface area contributed by atoms with Gasteiger partial charge in [-0.05, 0) is 24.7 Å². The van der Waals surface area contributed by atoms with Gasteiger partial charge < -0.3 is 5.11 Å². The van der Waals surface area contributed by atoms with Gasteiger partial charge in [-0.2, -0.15) is 0 Å². The predicted octanol–water partition coefficient (Wildman–Crippen LogP) is 1.73. The number of hydrogen-bond donors (Lipinski definition) is 1. The number of aliphatic carboxylic acids is 1. The van der Waals surface area contributed by atoms with Crippen LogP contribution < -0.4 is 0 Å². The van der Waals surface area contributed by atoms with Crippen molar-refractivity contribution in [3.05, 3.63) is 0 Å². The van der Waals surface area contributed by atoms with Crippen molar-refractivity contribution in [1.29, 1.82) is 0 Å². The molecule has 1 N–H and O–H groups in total. The fourth-order valence-electron chi connectivity index (χ4n) is 3.07. The minimum Gasteiger partial charge on any atom is -0.480 e. The molecule has 1 unspecified atom stereocenters. The summed E-state index contributed by atoms with van der Waals surface area (Å²) in [5.74, 6) is -0.652. The van der Waals surface area contributed by atoms with Gasteiger partial charge in [0.15, 0.2) is 0 Å². The average Bonchev–Trinajstić information content (AvgIpc) is 2.52. The Morgan fingerprint density at radius 1 is 1.43 bits per heavy atom. The largest absolute Gasteiger partial charge is 0.480 e.